The maximum Gasteiger partial charge on any atom is 0.224 e. The number of nitrogens with one attached hydrogen (secondary N) is 1. The summed E-state index contributed by atoms with van der Waals surface area (Å²) >= 11 is 0. The first kappa shape index (κ1) is 12.6. The normalized spacial score (nSPS) is 12.2. The molecule has 0 unspecified atom stereocenters. The van der Waals surface area contributed by atoms with Crippen molar-refractivity contribution in [1.82, 2.24) is 5.32 Å². The first-order valence-electron chi connectivity index (χ1n) is 5.15. The number of benzene rings is 1. The van der Waals surface area contributed by atoms with Crippen LogP contribution in [0.1, 0.15) is 12.5 Å². The lowest BCUT2D eigenvalue weighted by atomic mass is 10.1. The molecule has 4 heteroatoms. The molecule has 0 heterocycles. The third-order valence-corrected chi connectivity index (χ3v) is 2.13. The maximum absolute atomic E-state index is 13.2. The molecule has 0 aliphatic carbocycles. The third kappa shape index (κ3) is 3.98. The van der Waals surface area contributed by atoms with Crippen LogP contribution >= 0.6 is 0 Å². The van der Waals surface area contributed by atoms with Crippen LogP contribution in [0.3, 0.4) is 0 Å². The lowest BCUT2D eigenvalue weighted by molar-refractivity contribution is -0.121. The molecule has 1 rings (SSSR count). The van der Waals surface area contributed by atoms with Gasteiger partial charge in [0.1, 0.15) is 5.82 Å². The molecule has 0 saturated heterocycles. The van der Waals surface area contributed by atoms with Crippen LogP contribution in [0.15, 0.2) is 24.3 Å². The molecule has 0 bridgehead atoms. The summed E-state index contributed by atoms with van der Waals surface area (Å²) in [5.74, 6) is -0.549. The zero-order chi connectivity index (χ0) is 12.0. The average Bonchev–Trinajstić information content (AvgIpc) is 2.21. The minimum atomic E-state index is -0.350. The van der Waals surface area contributed by atoms with Crippen LogP contribution in [-0.4, -0.2) is 25.7 Å². The van der Waals surface area contributed by atoms with Gasteiger partial charge in [-0.15, -0.1) is 0 Å². The van der Waals surface area contributed by atoms with E-state index in [1.54, 1.807) is 25.3 Å². The largest absolute Gasteiger partial charge is 0.383 e. The van der Waals surface area contributed by atoms with Crippen LogP contribution < -0.4 is 5.32 Å². The monoisotopic (exact) mass is 225 g/mol. The fraction of sp³-hybridized carbons (Fsp3) is 0.417. The summed E-state index contributed by atoms with van der Waals surface area (Å²) in [7, 11) is 1.57. The Balaban J connectivity index is 2.49. The van der Waals surface area contributed by atoms with Crippen molar-refractivity contribution in [2.24, 2.45) is 0 Å². The predicted octanol–water partition coefficient (Wildman–Crippen LogP) is 1.52. The topological polar surface area (TPSA) is 38.3 Å². The molecule has 0 aliphatic heterocycles. The van der Waals surface area contributed by atoms with E-state index in [1.165, 1.54) is 6.07 Å². The van der Waals surface area contributed by atoms with Crippen LogP contribution in [0.5, 0.6) is 0 Å². The summed E-state index contributed by atoms with van der Waals surface area (Å²) in [6, 6.07) is 6.20. The number of carbonyl (C=O) groups excluding carboxylic acids is 1. The van der Waals surface area contributed by atoms with Gasteiger partial charge in [-0.3, -0.25) is 4.79 Å². The number of hydrogen-bond donors (Lipinski definition) is 1. The molecular formula is C12H16FNO2. The van der Waals surface area contributed by atoms with Crippen molar-refractivity contribution < 1.29 is 13.9 Å². The van der Waals surface area contributed by atoms with E-state index in [1.807, 2.05) is 6.92 Å². The molecule has 1 amide bonds. The molecule has 1 N–H and O–H groups in total. The highest BCUT2D eigenvalue weighted by molar-refractivity contribution is 5.78. The third-order valence-electron chi connectivity index (χ3n) is 2.13. The van der Waals surface area contributed by atoms with Crippen molar-refractivity contribution in [2.45, 2.75) is 19.4 Å². The fourth-order valence-corrected chi connectivity index (χ4v) is 1.43. The number of halogens is 1. The molecule has 88 valence electrons. The summed E-state index contributed by atoms with van der Waals surface area (Å²) < 4.78 is 18.1. The molecule has 1 aromatic carbocycles. The van der Waals surface area contributed by atoms with Gasteiger partial charge in [0.25, 0.3) is 0 Å². The van der Waals surface area contributed by atoms with Gasteiger partial charge >= 0.3 is 0 Å². The quantitative estimate of drug-likeness (QED) is 0.825. The Labute approximate surface area is 94.6 Å². The van der Waals surface area contributed by atoms with E-state index in [9.17, 15) is 9.18 Å². The first-order valence-corrected chi connectivity index (χ1v) is 5.15. The van der Waals surface area contributed by atoms with Gasteiger partial charge in [0.15, 0.2) is 0 Å². The van der Waals surface area contributed by atoms with Crippen molar-refractivity contribution in [2.75, 3.05) is 13.7 Å². The first-order chi connectivity index (χ1) is 7.63. The van der Waals surface area contributed by atoms with Gasteiger partial charge in [0.05, 0.1) is 13.0 Å². The van der Waals surface area contributed by atoms with Gasteiger partial charge < -0.3 is 10.1 Å². The van der Waals surface area contributed by atoms with E-state index in [0.29, 0.717) is 12.2 Å². The lowest BCUT2D eigenvalue weighted by Gasteiger charge is -2.12. The Morgan fingerprint density at radius 3 is 2.81 bits per heavy atom. The predicted molar refractivity (Wildman–Crippen MR) is 59.6 cm³/mol. The number of ether oxygens (including phenoxy) is 1. The molecular weight excluding hydrogens is 209 g/mol. The SMILES string of the molecule is COC[C@@H](C)NC(=O)Cc1ccccc1F. The second-order valence-electron chi connectivity index (χ2n) is 3.69. The van der Waals surface area contributed by atoms with E-state index in [2.05, 4.69) is 5.32 Å². The molecule has 0 aliphatic rings. The van der Waals surface area contributed by atoms with Gasteiger partial charge in [-0.1, -0.05) is 18.2 Å². The second kappa shape index (κ2) is 6.23. The standard InChI is InChI=1S/C12H16FNO2/c1-9(8-16-2)14-12(15)7-10-5-3-4-6-11(10)13/h3-6,9H,7-8H2,1-2H3,(H,14,15)/t9-/m1/s1. The zero-order valence-electron chi connectivity index (χ0n) is 9.50. The van der Waals surface area contributed by atoms with Gasteiger partial charge in [-0.2, -0.15) is 0 Å². The summed E-state index contributed by atoms with van der Waals surface area (Å²) in [4.78, 5) is 11.5. The molecule has 0 fully saturated rings. The van der Waals surface area contributed by atoms with Crippen LogP contribution in [0.2, 0.25) is 0 Å². The van der Waals surface area contributed by atoms with E-state index < -0.39 is 0 Å². The van der Waals surface area contributed by atoms with Crippen molar-refractivity contribution in [3.05, 3.63) is 35.6 Å². The number of hydrogen-bond acceptors (Lipinski definition) is 2. The van der Waals surface area contributed by atoms with Gasteiger partial charge in [0.2, 0.25) is 5.91 Å². The maximum atomic E-state index is 13.2. The average molecular weight is 225 g/mol. The Morgan fingerprint density at radius 1 is 1.50 bits per heavy atom. The zero-order valence-corrected chi connectivity index (χ0v) is 9.50. The molecule has 0 saturated carbocycles. The highest BCUT2D eigenvalue weighted by Crippen LogP contribution is 2.06. The Kier molecular flexibility index (Phi) is 4.92. The Morgan fingerprint density at radius 2 is 2.19 bits per heavy atom. The van der Waals surface area contributed by atoms with Crippen molar-refractivity contribution in [3.63, 3.8) is 0 Å². The van der Waals surface area contributed by atoms with E-state index in [4.69, 9.17) is 4.74 Å². The summed E-state index contributed by atoms with van der Waals surface area (Å²) in [5, 5.41) is 2.73. The fourth-order valence-electron chi connectivity index (χ4n) is 1.43. The van der Waals surface area contributed by atoms with Crippen molar-refractivity contribution in [3.8, 4) is 0 Å². The summed E-state index contributed by atoms with van der Waals surface area (Å²) in [6.07, 6.45) is 0.0563. The van der Waals surface area contributed by atoms with Crippen LogP contribution in [0.4, 0.5) is 4.39 Å². The molecule has 1 aromatic rings. The van der Waals surface area contributed by atoms with Crippen molar-refractivity contribution >= 4 is 5.91 Å². The Bertz CT molecular complexity index is 355. The van der Waals surface area contributed by atoms with Gasteiger partial charge in [-0.25, -0.2) is 4.39 Å². The molecule has 0 spiro atoms. The smallest absolute Gasteiger partial charge is 0.224 e. The lowest BCUT2D eigenvalue weighted by Crippen LogP contribution is -2.36. The van der Waals surface area contributed by atoms with Gasteiger partial charge in [0, 0.05) is 13.2 Å². The number of methoxy groups -OCH3 is 1. The highest BCUT2D eigenvalue weighted by atomic mass is 19.1. The second-order valence-corrected chi connectivity index (χ2v) is 3.69. The molecule has 16 heavy (non-hydrogen) atoms. The van der Waals surface area contributed by atoms with Crippen LogP contribution in [-0.2, 0) is 16.0 Å². The minimum Gasteiger partial charge on any atom is -0.383 e. The summed E-state index contributed by atoms with van der Waals surface area (Å²) in [5.41, 5.74) is 0.407. The Hall–Kier alpha value is -1.42. The van der Waals surface area contributed by atoms with Gasteiger partial charge in [-0.05, 0) is 18.6 Å². The molecule has 3 nitrogen and oxygen atoms in total. The van der Waals surface area contributed by atoms with Crippen LogP contribution in [0.25, 0.3) is 0 Å². The molecule has 0 aromatic heterocycles. The molecule has 1 atom stereocenters. The number of amides is 1. The number of rotatable bonds is 5. The molecule has 0 radical (unpaired) electrons. The van der Waals surface area contributed by atoms with Crippen LogP contribution in [0, 0.1) is 5.82 Å². The summed E-state index contributed by atoms with van der Waals surface area (Å²) in [6.45, 7) is 2.28. The number of carbonyl (C=O) groups is 1. The van der Waals surface area contributed by atoms with E-state index in [-0.39, 0.29) is 24.2 Å². The minimum absolute atomic E-state index is 0.0563. The van der Waals surface area contributed by atoms with Crippen molar-refractivity contribution in [1.29, 1.82) is 0 Å². The van der Waals surface area contributed by atoms with E-state index >= 15 is 0 Å². The highest BCUT2D eigenvalue weighted by Gasteiger charge is 2.10. The van der Waals surface area contributed by atoms with E-state index in [0.717, 1.165) is 0 Å².